The van der Waals surface area contributed by atoms with Gasteiger partial charge in [-0.2, -0.15) is 0 Å². The Labute approximate surface area is 107 Å². The van der Waals surface area contributed by atoms with Gasteiger partial charge in [-0.3, -0.25) is 4.79 Å². The summed E-state index contributed by atoms with van der Waals surface area (Å²) in [4.78, 5) is 10.7. The molecular formula is C13H8BrClO. The summed E-state index contributed by atoms with van der Waals surface area (Å²) in [5.74, 6) is 0. The molecule has 0 unspecified atom stereocenters. The van der Waals surface area contributed by atoms with Crippen LogP contribution in [-0.4, -0.2) is 6.29 Å². The molecule has 0 aliphatic heterocycles. The first-order valence-electron chi connectivity index (χ1n) is 4.71. The van der Waals surface area contributed by atoms with E-state index in [0.29, 0.717) is 10.6 Å². The summed E-state index contributed by atoms with van der Waals surface area (Å²) in [6.45, 7) is 0. The summed E-state index contributed by atoms with van der Waals surface area (Å²) in [5.41, 5.74) is 2.52. The maximum atomic E-state index is 10.7. The van der Waals surface area contributed by atoms with E-state index in [2.05, 4.69) is 15.9 Å². The normalized spacial score (nSPS) is 10.1. The van der Waals surface area contributed by atoms with Crippen molar-refractivity contribution in [3.8, 4) is 11.1 Å². The van der Waals surface area contributed by atoms with Crippen molar-refractivity contribution in [2.75, 3.05) is 0 Å². The lowest BCUT2D eigenvalue weighted by molar-refractivity contribution is 0.112. The predicted molar refractivity (Wildman–Crippen MR) is 70.0 cm³/mol. The molecule has 0 amide bonds. The van der Waals surface area contributed by atoms with Crippen LogP contribution in [0.1, 0.15) is 10.4 Å². The molecule has 2 rings (SSSR count). The van der Waals surface area contributed by atoms with Crippen LogP contribution < -0.4 is 0 Å². The number of aldehydes is 1. The molecule has 2 aromatic rings. The first kappa shape index (κ1) is 11.4. The molecule has 0 spiro atoms. The maximum Gasteiger partial charge on any atom is 0.150 e. The molecule has 1 nitrogen and oxygen atoms in total. The van der Waals surface area contributed by atoms with E-state index in [1.165, 1.54) is 0 Å². The molecule has 0 aromatic heterocycles. The van der Waals surface area contributed by atoms with E-state index in [4.69, 9.17) is 11.6 Å². The molecule has 0 heterocycles. The monoisotopic (exact) mass is 294 g/mol. The van der Waals surface area contributed by atoms with Crippen molar-refractivity contribution in [2.45, 2.75) is 0 Å². The van der Waals surface area contributed by atoms with Gasteiger partial charge >= 0.3 is 0 Å². The Hall–Kier alpha value is -1.12. The van der Waals surface area contributed by atoms with Crippen molar-refractivity contribution < 1.29 is 4.79 Å². The van der Waals surface area contributed by atoms with Gasteiger partial charge in [-0.25, -0.2) is 0 Å². The largest absolute Gasteiger partial charge is 0.298 e. The Morgan fingerprint density at radius 3 is 2.62 bits per heavy atom. The van der Waals surface area contributed by atoms with Gasteiger partial charge in [-0.15, -0.1) is 0 Å². The molecule has 0 saturated heterocycles. The minimum atomic E-state index is 0.650. The Morgan fingerprint density at radius 2 is 1.94 bits per heavy atom. The molecule has 0 aliphatic carbocycles. The van der Waals surface area contributed by atoms with Crippen molar-refractivity contribution in [3.63, 3.8) is 0 Å². The van der Waals surface area contributed by atoms with E-state index in [1.807, 2.05) is 36.4 Å². The third-order valence-electron chi connectivity index (χ3n) is 2.26. The maximum absolute atomic E-state index is 10.7. The van der Waals surface area contributed by atoms with Crippen LogP contribution in [0, 0.1) is 0 Å². The molecule has 16 heavy (non-hydrogen) atoms. The first-order valence-corrected chi connectivity index (χ1v) is 5.88. The summed E-state index contributed by atoms with van der Waals surface area (Å²) in [6.07, 6.45) is 0.830. The highest BCUT2D eigenvalue weighted by Gasteiger charge is 2.04. The van der Waals surface area contributed by atoms with E-state index >= 15 is 0 Å². The molecular weight excluding hydrogens is 287 g/mol. The quantitative estimate of drug-likeness (QED) is 0.741. The van der Waals surface area contributed by atoms with Crippen molar-refractivity contribution in [1.29, 1.82) is 0 Å². The molecule has 0 aliphatic rings. The molecule has 0 fully saturated rings. The van der Waals surface area contributed by atoms with Gasteiger partial charge in [0.25, 0.3) is 0 Å². The Morgan fingerprint density at radius 1 is 1.12 bits per heavy atom. The smallest absolute Gasteiger partial charge is 0.150 e. The van der Waals surface area contributed by atoms with Gasteiger partial charge < -0.3 is 0 Å². The number of halogens is 2. The third-order valence-corrected chi connectivity index (χ3v) is 3.07. The molecule has 0 atom stereocenters. The van der Waals surface area contributed by atoms with Crippen LogP contribution in [0.15, 0.2) is 46.9 Å². The van der Waals surface area contributed by atoms with Crippen molar-refractivity contribution in [1.82, 2.24) is 0 Å². The topological polar surface area (TPSA) is 17.1 Å². The second kappa shape index (κ2) is 4.81. The number of rotatable bonds is 2. The molecule has 0 radical (unpaired) electrons. The van der Waals surface area contributed by atoms with Gasteiger partial charge in [0, 0.05) is 20.6 Å². The Balaban J connectivity index is 2.53. The van der Waals surface area contributed by atoms with Crippen molar-refractivity contribution in [3.05, 3.63) is 57.5 Å². The van der Waals surface area contributed by atoms with Gasteiger partial charge in [0.2, 0.25) is 0 Å². The summed E-state index contributed by atoms with van der Waals surface area (Å²) in [7, 11) is 0. The lowest BCUT2D eigenvalue weighted by Crippen LogP contribution is -1.83. The average molecular weight is 296 g/mol. The Kier molecular flexibility index (Phi) is 3.42. The van der Waals surface area contributed by atoms with Crippen LogP contribution >= 0.6 is 27.5 Å². The minimum absolute atomic E-state index is 0.650. The third kappa shape index (κ3) is 2.34. The van der Waals surface area contributed by atoms with Gasteiger partial charge in [0.05, 0.1) is 0 Å². The number of carbonyl (C=O) groups is 1. The fourth-order valence-electron chi connectivity index (χ4n) is 1.50. The van der Waals surface area contributed by atoms with Crippen LogP contribution in [0.25, 0.3) is 11.1 Å². The average Bonchev–Trinajstić information content (AvgIpc) is 2.29. The van der Waals surface area contributed by atoms with Gasteiger partial charge in [0.1, 0.15) is 6.29 Å². The summed E-state index contributed by atoms with van der Waals surface area (Å²) < 4.78 is 0.938. The molecule has 3 heteroatoms. The lowest BCUT2D eigenvalue weighted by Gasteiger charge is -2.05. The van der Waals surface area contributed by atoms with Crippen LogP contribution in [-0.2, 0) is 0 Å². The predicted octanol–water partition coefficient (Wildman–Crippen LogP) is 4.58. The van der Waals surface area contributed by atoms with E-state index in [9.17, 15) is 4.79 Å². The van der Waals surface area contributed by atoms with Crippen LogP contribution in [0.3, 0.4) is 0 Å². The fourth-order valence-corrected chi connectivity index (χ4v) is 2.29. The molecule has 2 aromatic carbocycles. The van der Waals surface area contributed by atoms with E-state index in [1.54, 1.807) is 6.07 Å². The number of hydrogen-bond acceptors (Lipinski definition) is 1. The van der Waals surface area contributed by atoms with Crippen LogP contribution in [0.2, 0.25) is 5.02 Å². The summed E-state index contributed by atoms with van der Waals surface area (Å²) >= 11 is 9.50. The Bertz CT molecular complexity index is 537. The molecule has 0 N–H and O–H groups in total. The van der Waals surface area contributed by atoms with Crippen LogP contribution in [0.5, 0.6) is 0 Å². The van der Waals surface area contributed by atoms with E-state index in [-0.39, 0.29) is 0 Å². The second-order valence-corrected chi connectivity index (χ2v) is 4.69. The molecule has 0 saturated carbocycles. The fraction of sp³-hybridized carbons (Fsp3) is 0. The number of hydrogen-bond donors (Lipinski definition) is 0. The highest BCUT2D eigenvalue weighted by atomic mass is 79.9. The zero-order valence-corrected chi connectivity index (χ0v) is 10.6. The van der Waals surface area contributed by atoms with Gasteiger partial charge in [0.15, 0.2) is 0 Å². The zero-order chi connectivity index (χ0) is 11.5. The van der Waals surface area contributed by atoms with Gasteiger partial charge in [-0.1, -0.05) is 51.8 Å². The first-order chi connectivity index (χ1) is 7.70. The van der Waals surface area contributed by atoms with Crippen molar-refractivity contribution in [2.24, 2.45) is 0 Å². The number of carbonyl (C=O) groups excluding carboxylic acids is 1. The SMILES string of the molecule is O=Cc1cccc(-c2ccc(Br)cc2Cl)c1. The van der Waals surface area contributed by atoms with Gasteiger partial charge in [-0.05, 0) is 23.8 Å². The summed E-state index contributed by atoms with van der Waals surface area (Å²) in [6, 6.07) is 13.1. The molecule has 80 valence electrons. The summed E-state index contributed by atoms with van der Waals surface area (Å²) in [5, 5.41) is 0.664. The van der Waals surface area contributed by atoms with E-state index < -0.39 is 0 Å². The molecule has 0 bridgehead atoms. The standard InChI is InChI=1S/C13H8BrClO/c14-11-4-5-12(13(15)7-11)10-3-1-2-9(6-10)8-16/h1-8H. The van der Waals surface area contributed by atoms with Crippen LogP contribution in [0.4, 0.5) is 0 Å². The highest BCUT2D eigenvalue weighted by Crippen LogP contribution is 2.30. The zero-order valence-electron chi connectivity index (χ0n) is 8.28. The van der Waals surface area contributed by atoms with E-state index in [0.717, 1.165) is 21.9 Å². The second-order valence-electron chi connectivity index (χ2n) is 3.37. The van der Waals surface area contributed by atoms with Crippen molar-refractivity contribution >= 4 is 33.8 Å². The highest BCUT2D eigenvalue weighted by molar-refractivity contribution is 9.10. The lowest BCUT2D eigenvalue weighted by atomic mass is 10.0. The number of benzene rings is 2. The minimum Gasteiger partial charge on any atom is -0.298 e.